The van der Waals surface area contributed by atoms with Crippen LogP contribution in [0.1, 0.15) is 6.92 Å². The molecule has 0 aliphatic heterocycles. The molecule has 0 saturated heterocycles. The molecule has 0 bridgehead atoms. The normalized spacial score (nSPS) is 11.5. The number of hydrogen-bond acceptors (Lipinski definition) is 4. The fraction of sp³-hybridized carbons (Fsp3) is 0.316. The molecule has 1 N–H and O–H groups in total. The number of anilines is 1. The van der Waals surface area contributed by atoms with E-state index in [4.69, 9.17) is 9.47 Å². The van der Waals surface area contributed by atoms with E-state index < -0.39 is 6.10 Å². The number of methoxy groups -OCH3 is 1. The lowest BCUT2D eigenvalue weighted by Crippen LogP contribution is -2.40. The second kappa shape index (κ2) is 8.82. The number of benzene rings is 2. The Morgan fingerprint density at radius 2 is 1.71 bits per heavy atom. The molecule has 1 atom stereocenters. The van der Waals surface area contributed by atoms with Crippen molar-refractivity contribution in [2.24, 2.45) is 0 Å². The molecular weight excluding hydrogens is 304 g/mol. The molecule has 2 aromatic rings. The van der Waals surface area contributed by atoms with Gasteiger partial charge in [-0.1, -0.05) is 18.2 Å². The molecule has 0 aliphatic rings. The predicted molar refractivity (Wildman–Crippen MR) is 95.8 cm³/mol. The van der Waals surface area contributed by atoms with Crippen molar-refractivity contribution in [1.82, 2.24) is 5.32 Å². The average Bonchev–Trinajstić information content (AvgIpc) is 2.62. The SMILES string of the molecule is COc1ccc(OC(C)C(=O)NCCN(C)c2ccccc2)cc1. The standard InChI is InChI=1S/C19H24N2O3/c1-15(24-18-11-9-17(23-3)10-12-18)19(22)20-13-14-21(2)16-7-5-4-6-8-16/h4-12,15H,13-14H2,1-3H3,(H,20,22). The van der Waals surface area contributed by atoms with Crippen LogP contribution in [0.15, 0.2) is 54.6 Å². The summed E-state index contributed by atoms with van der Waals surface area (Å²) in [7, 11) is 3.61. The van der Waals surface area contributed by atoms with Crippen LogP contribution in [0.3, 0.4) is 0 Å². The van der Waals surface area contributed by atoms with Gasteiger partial charge in [-0.2, -0.15) is 0 Å². The maximum absolute atomic E-state index is 12.1. The van der Waals surface area contributed by atoms with E-state index in [1.165, 1.54) is 0 Å². The third-order valence-corrected chi connectivity index (χ3v) is 3.68. The van der Waals surface area contributed by atoms with Crippen molar-refractivity contribution in [2.45, 2.75) is 13.0 Å². The zero-order chi connectivity index (χ0) is 17.4. The molecule has 2 rings (SSSR count). The lowest BCUT2D eigenvalue weighted by atomic mass is 10.3. The first-order valence-electron chi connectivity index (χ1n) is 7.95. The Kier molecular flexibility index (Phi) is 6.49. The zero-order valence-corrected chi connectivity index (χ0v) is 14.4. The summed E-state index contributed by atoms with van der Waals surface area (Å²) in [5, 5.41) is 2.90. The average molecular weight is 328 g/mol. The van der Waals surface area contributed by atoms with E-state index >= 15 is 0 Å². The van der Waals surface area contributed by atoms with Gasteiger partial charge in [0.1, 0.15) is 11.5 Å². The van der Waals surface area contributed by atoms with Crippen molar-refractivity contribution in [3.63, 3.8) is 0 Å². The lowest BCUT2D eigenvalue weighted by Gasteiger charge is -2.20. The number of likely N-dealkylation sites (N-methyl/N-ethyl adjacent to an activating group) is 1. The van der Waals surface area contributed by atoms with Crippen molar-refractivity contribution < 1.29 is 14.3 Å². The zero-order valence-electron chi connectivity index (χ0n) is 14.4. The molecule has 1 amide bonds. The number of nitrogens with zero attached hydrogens (tertiary/aromatic N) is 1. The third-order valence-electron chi connectivity index (χ3n) is 3.68. The van der Waals surface area contributed by atoms with Crippen LogP contribution in [-0.4, -0.2) is 39.3 Å². The third kappa shape index (κ3) is 5.19. The summed E-state index contributed by atoms with van der Waals surface area (Å²) in [5.74, 6) is 1.26. The quantitative estimate of drug-likeness (QED) is 0.809. The van der Waals surface area contributed by atoms with Gasteiger partial charge in [0.2, 0.25) is 0 Å². The maximum atomic E-state index is 12.1. The number of carbonyl (C=O) groups is 1. The molecule has 5 heteroatoms. The molecule has 0 fully saturated rings. The Morgan fingerprint density at radius 1 is 1.08 bits per heavy atom. The van der Waals surface area contributed by atoms with Crippen molar-refractivity contribution in [1.29, 1.82) is 0 Å². The highest BCUT2D eigenvalue weighted by Crippen LogP contribution is 2.18. The van der Waals surface area contributed by atoms with Crippen LogP contribution in [-0.2, 0) is 4.79 Å². The minimum Gasteiger partial charge on any atom is -0.497 e. The maximum Gasteiger partial charge on any atom is 0.260 e. The molecule has 24 heavy (non-hydrogen) atoms. The van der Waals surface area contributed by atoms with E-state index in [1.54, 1.807) is 38.3 Å². The number of rotatable bonds is 8. The predicted octanol–water partition coefficient (Wildman–Crippen LogP) is 2.72. The van der Waals surface area contributed by atoms with E-state index in [-0.39, 0.29) is 5.91 Å². The van der Waals surface area contributed by atoms with E-state index in [0.717, 1.165) is 18.0 Å². The van der Waals surface area contributed by atoms with Gasteiger partial charge in [0.25, 0.3) is 5.91 Å². The Hall–Kier alpha value is -2.69. The summed E-state index contributed by atoms with van der Waals surface area (Å²) in [6.45, 7) is 3.02. The largest absolute Gasteiger partial charge is 0.497 e. The van der Waals surface area contributed by atoms with Crippen molar-refractivity contribution in [2.75, 3.05) is 32.1 Å². The van der Waals surface area contributed by atoms with Gasteiger partial charge in [0.05, 0.1) is 7.11 Å². The van der Waals surface area contributed by atoms with Crippen LogP contribution >= 0.6 is 0 Å². The molecule has 5 nitrogen and oxygen atoms in total. The number of para-hydroxylation sites is 1. The Morgan fingerprint density at radius 3 is 2.33 bits per heavy atom. The van der Waals surface area contributed by atoms with E-state index in [2.05, 4.69) is 10.2 Å². The molecule has 2 aromatic carbocycles. The fourth-order valence-corrected chi connectivity index (χ4v) is 2.21. The first kappa shape index (κ1) is 17.7. The van der Waals surface area contributed by atoms with Gasteiger partial charge in [0.15, 0.2) is 6.10 Å². The Labute approximate surface area is 143 Å². The van der Waals surface area contributed by atoms with Crippen LogP contribution in [0, 0.1) is 0 Å². The highest BCUT2D eigenvalue weighted by molar-refractivity contribution is 5.80. The summed E-state index contributed by atoms with van der Waals surface area (Å²) >= 11 is 0. The number of hydrogen-bond donors (Lipinski definition) is 1. The summed E-state index contributed by atoms with van der Waals surface area (Å²) in [5.41, 5.74) is 1.12. The Balaban J connectivity index is 1.75. The summed E-state index contributed by atoms with van der Waals surface area (Å²) in [4.78, 5) is 14.2. The van der Waals surface area contributed by atoms with Gasteiger partial charge in [0, 0.05) is 25.8 Å². The van der Waals surface area contributed by atoms with Crippen LogP contribution in [0.25, 0.3) is 0 Å². The van der Waals surface area contributed by atoms with Gasteiger partial charge in [-0.25, -0.2) is 0 Å². The van der Waals surface area contributed by atoms with E-state index in [9.17, 15) is 4.79 Å². The molecule has 0 aromatic heterocycles. The number of ether oxygens (including phenoxy) is 2. The molecule has 0 aliphatic carbocycles. The fourth-order valence-electron chi connectivity index (χ4n) is 2.21. The van der Waals surface area contributed by atoms with Crippen LogP contribution in [0.4, 0.5) is 5.69 Å². The highest BCUT2D eigenvalue weighted by atomic mass is 16.5. The van der Waals surface area contributed by atoms with Gasteiger partial charge in [-0.3, -0.25) is 4.79 Å². The van der Waals surface area contributed by atoms with Crippen LogP contribution < -0.4 is 19.7 Å². The molecule has 0 spiro atoms. The smallest absolute Gasteiger partial charge is 0.260 e. The topological polar surface area (TPSA) is 50.8 Å². The summed E-state index contributed by atoms with van der Waals surface area (Å²) in [6, 6.07) is 17.2. The monoisotopic (exact) mass is 328 g/mol. The number of amides is 1. The minimum atomic E-state index is -0.555. The van der Waals surface area contributed by atoms with Crippen molar-refractivity contribution in [3.8, 4) is 11.5 Å². The first-order chi connectivity index (χ1) is 11.6. The van der Waals surface area contributed by atoms with E-state index in [0.29, 0.717) is 12.3 Å². The molecular formula is C19H24N2O3. The van der Waals surface area contributed by atoms with Gasteiger partial charge in [-0.05, 0) is 43.3 Å². The molecule has 128 valence electrons. The summed E-state index contributed by atoms with van der Waals surface area (Å²) in [6.07, 6.45) is -0.555. The van der Waals surface area contributed by atoms with Crippen LogP contribution in [0.5, 0.6) is 11.5 Å². The molecule has 1 unspecified atom stereocenters. The molecule has 0 heterocycles. The van der Waals surface area contributed by atoms with Crippen molar-refractivity contribution >= 4 is 11.6 Å². The minimum absolute atomic E-state index is 0.132. The summed E-state index contributed by atoms with van der Waals surface area (Å²) < 4.78 is 10.7. The lowest BCUT2D eigenvalue weighted by molar-refractivity contribution is -0.127. The number of nitrogens with one attached hydrogen (secondary N) is 1. The molecule has 0 saturated carbocycles. The first-order valence-corrected chi connectivity index (χ1v) is 7.95. The van der Waals surface area contributed by atoms with Gasteiger partial charge in [-0.15, -0.1) is 0 Å². The Bertz CT molecular complexity index is 629. The van der Waals surface area contributed by atoms with Gasteiger partial charge < -0.3 is 19.7 Å². The van der Waals surface area contributed by atoms with Gasteiger partial charge >= 0.3 is 0 Å². The number of carbonyl (C=O) groups excluding carboxylic acids is 1. The molecule has 0 radical (unpaired) electrons. The second-order valence-corrected chi connectivity index (χ2v) is 5.48. The second-order valence-electron chi connectivity index (χ2n) is 5.48. The van der Waals surface area contributed by atoms with Crippen LogP contribution in [0.2, 0.25) is 0 Å². The van der Waals surface area contributed by atoms with Crippen molar-refractivity contribution in [3.05, 3.63) is 54.6 Å². The van der Waals surface area contributed by atoms with E-state index in [1.807, 2.05) is 37.4 Å². The highest BCUT2D eigenvalue weighted by Gasteiger charge is 2.14.